The minimum Gasteiger partial charge on any atom is -0.456 e. The van der Waals surface area contributed by atoms with Crippen molar-refractivity contribution in [3.05, 3.63) is 82.9 Å². The van der Waals surface area contributed by atoms with E-state index in [9.17, 15) is 44.4 Å². The average molecular weight is 794 g/mol. The van der Waals surface area contributed by atoms with Gasteiger partial charge in [0.15, 0.2) is 17.8 Å². The van der Waals surface area contributed by atoms with E-state index in [2.05, 4.69) is 5.32 Å². The Hall–Kier alpha value is -4.67. The standard InChI is InChI=1S/C42H51NO14/c1-21-27(55-38(51)32(48)31(43-22(2)44)25-14-10-8-11-15-25)19-42(52)36(56-37(50)26-16-12-9-13-17-26)34-40(7,28(47)18-29-41(34,20-53-29)57-24(4)46)35(49)33(54-23(3)45)30(21)39(42,5)6/h8-17,27-29,31-36,47-49,52H,18-20H2,1-7H3,(H,43,44)/t27-,28-,29?,31-,32+,33+,34-,35-,36-,40+,41-,42+/m0/s1. The van der Waals surface area contributed by atoms with Crippen LogP contribution in [0.2, 0.25) is 0 Å². The molecule has 2 bridgehead atoms. The van der Waals surface area contributed by atoms with Gasteiger partial charge in [0.25, 0.3) is 0 Å². The quantitative estimate of drug-likeness (QED) is 0.140. The molecule has 12 atom stereocenters. The smallest absolute Gasteiger partial charge is 0.338 e. The summed E-state index contributed by atoms with van der Waals surface area (Å²) < 4.78 is 30.3. The summed E-state index contributed by atoms with van der Waals surface area (Å²) in [5.41, 5.74) is -6.60. The van der Waals surface area contributed by atoms with E-state index in [-0.39, 0.29) is 29.7 Å². The predicted molar refractivity (Wildman–Crippen MR) is 199 cm³/mol. The minimum absolute atomic E-state index is 0.0964. The maximum Gasteiger partial charge on any atom is 0.338 e. The Morgan fingerprint density at radius 2 is 1.49 bits per heavy atom. The number of aliphatic hydroxyl groups is 4. The van der Waals surface area contributed by atoms with Crippen molar-refractivity contribution in [3.8, 4) is 0 Å². The number of esters is 4. The number of benzene rings is 2. The van der Waals surface area contributed by atoms with Crippen LogP contribution >= 0.6 is 0 Å². The van der Waals surface area contributed by atoms with Gasteiger partial charge in [0.2, 0.25) is 5.91 Å². The molecule has 2 aromatic carbocycles. The number of hydrogen-bond acceptors (Lipinski definition) is 14. The number of rotatable bonds is 9. The molecule has 3 aliphatic carbocycles. The molecule has 0 aromatic heterocycles. The fraction of sp³-hybridized carbons (Fsp3) is 0.548. The zero-order valence-corrected chi connectivity index (χ0v) is 33.0. The molecular formula is C42H51NO14. The Morgan fingerprint density at radius 1 is 0.877 bits per heavy atom. The van der Waals surface area contributed by atoms with Crippen molar-refractivity contribution in [2.75, 3.05) is 6.61 Å². The predicted octanol–water partition coefficient (Wildman–Crippen LogP) is 2.23. The Balaban J connectivity index is 1.57. The van der Waals surface area contributed by atoms with Crippen LogP contribution in [0.1, 0.15) is 83.3 Å². The van der Waals surface area contributed by atoms with E-state index in [0.29, 0.717) is 5.56 Å². The molecule has 15 nitrogen and oxygen atoms in total. The van der Waals surface area contributed by atoms with Gasteiger partial charge in [-0.3, -0.25) is 14.4 Å². The number of carbonyl (C=O) groups is 5. The summed E-state index contributed by atoms with van der Waals surface area (Å²) in [6.45, 7) is 9.52. The molecule has 0 spiro atoms. The Bertz CT molecular complexity index is 1930. The van der Waals surface area contributed by atoms with E-state index in [4.69, 9.17) is 23.7 Å². The van der Waals surface area contributed by atoms with Crippen molar-refractivity contribution >= 4 is 29.8 Å². The van der Waals surface area contributed by atoms with E-state index in [0.717, 1.165) is 6.92 Å². The van der Waals surface area contributed by atoms with Crippen LogP contribution in [0.3, 0.4) is 0 Å². The second-order valence-corrected chi connectivity index (χ2v) is 16.4. The molecule has 2 saturated carbocycles. The fourth-order valence-corrected chi connectivity index (χ4v) is 9.83. The van der Waals surface area contributed by atoms with E-state index in [1.807, 2.05) is 0 Å². The van der Waals surface area contributed by atoms with Gasteiger partial charge in [-0.2, -0.15) is 0 Å². The van der Waals surface area contributed by atoms with Crippen LogP contribution in [0.25, 0.3) is 0 Å². The van der Waals surface area contributed by atoms with Crippen LogP contribution in [0, 0.1) is 16.7 Å². The molecular weight excluding hydrogens is 742 g/mol. The molecule has 4 aliphatic rings. The lowest BCUT2D eigenvalue weighted by molar-refractivity contribution is -0.365. The molecule has 0 radical (unpaired) electrons. The molecule has 308 valence electrons. The van der Waals surface area contributed by atoms with Gasteiger partial charge in [0.05, 0.1) is 30.2 Å². The second-order valence-electron chi connectivity index (χ2n) is 16.4. The van der Waals surface area contributed by atoms with E-state index in [1.165, 1.54) is 32.9 Å². The minimum atomic E-state index is -2.33. The first-order valence-electron chi connectivity index (χ1n) is 18.9. The SMILES string of the molecule is CC(=O)N[C@@H](c1ccccc1)[C@@H](O)C(=O)O[C@H]1C[C@@]2(O)[C@@H](OC(=O)c3ccccc3)[C@H]3[C@@](C)([C@@H](O)CC4OC[C@]43OC(C)=O)[C@@H](O)[C@H](OC(C)=O)C(=C1C)C2(C)C. The number of ether oxygens (including phenoxy) is 5. The van der Waals surface area contributed by atoms with Crippen molar-refractivity contribution in [2.24, 2.45) is 16.7 Å². The molecule has 5 N–H and O–H groups in total. The van der Waals surface area contributed by atoms with Gasteiger partial charge in [0.1, 0.15) is 30.0 Å². The summed E-state index contributed by atoms with van der Waals surface area (Å²) in [6, 6.07) is 14.9. The normalized spacial score (nSPS) is 35.0. The van der Waals surface area contributed by atoms with Gasteiger partial charge >= 0.3 is 23.9 Å². The van der Waals surface area contributed by atoms with Crippen LogP contribution in [-0.2, 0) is 42.9 Å². The highest BCUT2D eigenvalue weighted by Crippen LogP contribution is 2.65. The van der Waals surface area contributed by atoms with Crippen LogP contribution in [0.15, 0.2) is 71.8 Å². The van der Waals surface area contributed by atoms with Crippen molar-refractivity contribution in [2.45, 2.75) is 121 Å². The summed E-state index contributed by atoms with van der Waals surface area (Å²) in [4.78, 5) is 66.3. The second kappa shape index (κ2) is 15.3. The van der Waals surface area contributed by atoms with E-state index in [1.54, 1.807) is 69.3 Å². The van der Waals surface area contributed by atoms with Gasteiger partial charge < -0.3 is 49.4 Å². The van der Waals surface area contributed by atoms with Crippen molar-refractivity contribution in [1.82, 2.24) is 5.32 Å². The monoisotopic (exact) mass is 793 g/mol. The van der Waals surface area contributed by atoms with Crippen molar-refractivity contribution in [3.63, 3.8) is 0 Å². The molecule has 1 unspecified atom stereocenters. The molecule has 6 rings (SSSR count). The first-order chi connectivity index (χ1) is 26.7. The lowest BCUT2D eigenvalue weighted by atomic mass is 9.44. The molecule has 3 fully saturated rings. The first-order valence-corrected chi connectivity index (χ1v) is 18.9. The van der Waals surface area contributed by atoms with Crippen LogP contribution < -0.4 is 5.32 Å². The average Bonchev–Trinajstić information content (AvgIpc) is 3.15. The highest BCUT2D eigenvalue weighted by Gasteiger charge is 2.78. The number of fused-ring (bicyclic) bond motifs is 5. The summed E-state index contributed by atoms with van der Waals surface area (Å²) in [5, 5.41) is 52.4. The Kier molecular flexibility index (Phi) is 11.2. The topological polar surface area (TPSA) is 224 Å². The Morgan fingerprint density at radius 3 is 2.04 bits per heavy atom. The number of hydrogen-bond donors (Lipinski definition) is 5. The number of nitrogens with one attached hydrogen (secondary N) is 1. The maximum absolute atomic E-state index is 14.2. The largest absolute Gasteiger partial charge is 0.456 e. The van der Waals surface area contributed by atoms with E-state index >= 15 is 0 Å². The summed E-state index contributed by atoms with van der Waals surface area (Å²) in [6.07, 6.45) is -11.6. The van der Waals surface area contributed by atoms with Crippen LogP contribution in [0.5, 0.6) is 0 Å². The third-order valence-corrected chi connectivity index (χ3v) is 12.8. The third kappa shape index (κ3) is 6.92. The van der Waals surface area contributed by atoms with Crippen LogP contribution in [-0.4, -0.2) is 111 Å². The first kappa shape index (κ1) is 41.9. The van der Waals surface area contributed by atoms with Gasteiger partial charge in [-0.25, -0.2) is 9.59 Å². The molecule has 57 heavy (non-hydrogen) atoms. The molecule has 2 aromatic rings. The van der Waals surface area contributed by atoms with E-state index < -0.39 is 113 Å². The molecule has 15 heteroatoms. The zero-order valence-electron chi connectivity index (χ0n) is 33.0. The van der Waals surface area contributed by atoms with Gasteiger partial charge in [0, 0.05) is 44.4 Å². The lowest BCUT2D eigenvalue weighted by Crippen LogP contribution is -2.82. The van der Waals surface area contributed by atoms with Crippen molar-refractivity contribution in [1.29, 1.82) is 0 Å². The maximum atomic E-state index is 14.2. The summed E-state index contributed by atoms with van der Waals surface area (Å²) in [7, 11) is 0. The number of aliphatic hydroxyl groups excluding tert-OH is 3. The Labute approximate surface area is 330 Å². The summed E-state index contributed by atoms with van der Waals surface area (Å²) in [5.74, 6) is -5.64. The number of carbonyl (C=O) groups excluding carboxylic acids is 5. The molecule has 1 amide bonds. The summed E-state index contributed by atoms with van der Waals surface area (Å²) >= 11 is 0. The van der Waals surface area contributed by atoms with Gasteiger partial charge in [-0.1, -0.05) is 69.3 Å². The van der Waals surface area contributed by atoms with Gasteiger partial charge in [-0.15, -0.1) is 0 Å². The lowest BCUT2D eigenvalue weighted by Gasteiger charge is -2.69. The van der Waals surface area contributed by atoms with Gasteiger partial charge in [-0.05, 0) is 35.8 Å². The highest BCUT2D eigenvalue weighted by atomic mass is 16.6. The molecule has 1 heterocycles. The zero-order chi connectivity index (χ0) is 41.8. The highest BCUT2D eigenvalue weighted by molar-refractivity contribution is 5.89. The molecule has 1 saturated heterocycles. The number of amides is 1. The van der Waals surface area contributed by atoms with Crippen molar-refractivity contribution < 1.29 is 68.1 Å². The molecule has 1 aliphatic heterocycles. The van der Waals surface area contributed by atoms with Crippen LogP contribution in [0.4, 0.5) is 0 Å². The third-order valence-electron chi connectivity index (χ3n) is 12.8. The fourth-order valence-electron chi connectivity index (χ4n) is 9.83.